The van der Waals surface area contributed by atoms with Gasteiger partial charge in [0.05, 0.1) is 6.61 Å². The van der Waals surface area contributed by atoms with Gasteiger partial charge in [-0.2, -0.15) is 0 Å². The maximum Gasteiger partial charge on any atom is 0.357 e. The molecular formula is C10H15NO3S. The van der Waals surface area contributed by atoms with Crippen molar-refractivity contribution < 1.29 is 14.3 Å². The van der Waals surface area contributed by atoms with Crippen LogP contribution in [-0.2, 0) is 9.47 Å². The molecule has 0 amide bonds. The van der Waals surface area contributed by atoms with Crippen LogP contribution in [0.4, 0.5) is 0 Å². The predicted octanol–water partition coefficient (Wildman–Crippen LogP) is 2.42. The van der Waals surface area contributed by atoms with Gasteiger partial charge < -0.3 is 9.47 Å². The number of hydrogen-bond donors (Lipinski definition) is 0. The highest BCUT2D eigenvalue weighted by atomic mass is 32.1. The minimum atomic E-state index is -0.372. The maximum atomic E-state index is 11.3. The Labute approximate surface area is 93.2 Å². The SMILES string of the molecule is CCOC(=O)c1csc(C(C)OCC)n1. The average Bonchev–Trinajstić information content (AvgIpc) is 2.67. The Morgan fingerprint density at radius 3 is 2.87 bits per heavy atom. The number of ether oxygens (including phenoxy) is 2. The highest BCUT2D eigenvalue weighted by Crippen LogP contribution is 2.21. The third kappa shape index (κ3) is 3.28. The number of nitrogens with zero attached hydrogens (tertiary/aromatic N) is 1. The first-order chi connectivity index (χ1) is 7.19. The van der Waals surface area contributed by atoms with E-state index in [2.05, 4.69) is 4.98 Å². The average molecular weight is 229 g/mol. The quantitative estimate of drug-likeness (QED) is 0.727. The second-order valence-electron chi connectivity index (χ2n) is 2.89. The van der Waals surface area contributed by atoms with Gasteiger partial charge in [0.25, 0.3) is 0 Å². The van der Waals surface area contributed by atoms with Crippen LogP contribution in [0.3, 0.4) is 0 Å². The molecule has 0 aliphatic rings. The highest BCUT2D eigenvalue weighted by Gasteiger charge is 2.15. The molecule has 15 heavy (non-hydrogen) atoms. The van der Waals surface area contributed by atoms with Gasteiger partial charge in [0.15, 0.2) is 5.69 Å². The van der Waals surface area contributed by atoms with E-state index in [0.29, 0.717) is 18.9 Å². The Morgan fingerprint density at radius 1 is 1.53 bits per heavy atom. The molecule has 1 atom stereocenters. The predicted molar refractivity (Wildman–Crippen MR) is 58.1 cm³/mol. The van der Waals surface area contributed by atoms with Crippen LogP contribution >= 0.6 is 11.3 Å². The molecule has 1 rings (SSSR count). The summed E-state index contributed by atoms with van der Waals surface area (Å²) in [6.07, 6.45) is -0.0665. The van der Waals surface area contributed by atoms with E-state index in [0.717, 1.165) is 5.01 Å². The molecular weight excluding hydrogens is 214 g/mol. The van der Waals surface area contributed by atoms with Crippen LogP contribution in [0.15, 0.2) is 5.38 Å². The van der Waals surface area contributed by atoms with Gasteiger partial charge in [-0.15, -0.1) is 11.3 Å². The van der Waals surface area contributed by atoms with Crippen molar-refractivity contribution in [2.45, 2.75) is 26.9 Å². The third-order valence-corrected chi connectivity index (χ3v) is 2.78. The molecule has 1 aromatic rings. The molecule has 0 fully saturated rings. The summed E-state index contributed by atoms with van der Waals surface area (Å²) >= 11 is 1.41. The van der Waals surface area contributed by atoms with Crippen molar-refractivity contribution in [3.63, 3.8) is 0 Å². The lowest BCUT2D eigenvalue weighted by molar-refractivity contribution is 0.0517. The van der Waals surface area contributed by atoms with E-state index >= 15 is 0 Å². The molecule has 4 nitrogen and oxygen atoms in total. The summed E-state index contributed by atoms with van der Waals surface area (Å²) in [6.45, 7) is 6.61. The van der Waals surface area contributed by atoms with Gasteiger partial charge >= 0.3 is 5.97 Å². The zero-order valence-electron chi connectivity index (χ0n) is 9.15. The molecule has 84 valence electrons. The lowest BCUT2D eigenvalue weighted by atomic mass is 10.4. The minimum absolute atomic E-state index is 0.0665. The monoisotopic (exact) mass is 229 g/mol. The van der Waals surface area contributed by atoms with Crippen molar-refractivity contribution in [3.8, 4) is 0 Å². The zero-order valence-corrected chi connectivity index (χ0v) is 9.97. The fourth-order valence-electron chi connectivity index (χ4n) is 1.09. The van der Waals surface area contributed by atoms with Gasteiger partial charge in [-0.25, -0.2) is 9.78 Å². The lowest BCUT2D eigenvalue weighted by Crippen LogP contribution is -2.06. The molecule has 0 spiro atoms. The molecule has 1 aromatic heterocycles. The number of carbonyl (C=O) groups excluding carboxylic acids is 1. The van der Waals surface area contributed by atoms with Gasteiger partial charge in [-0.1, -0.05) is 0 Å². The van der Waals surface area contributed by atoms with E-state index in [1.165, 1.54) is 11.3 Å². The van der Waals surface area contributed by atoms with Crippen LogP contribution in [-0.4, -0.2) is 24.2 Å². The zero-order chi connectivity index (χ0) is 11.3. The molecule has 1 unspecified atom stereocenters. The van der Waals surface area contributed by atoms with Crippen LogP contribution < -0.4 is 0 Å². The number of aromatic nitrogens is 1. The summed E-state index contributed by atoms with van der Waals surface area (Å²) in [5.74, 6) is -0.372. The van der Waals surface area contributed by atoms with Crippen molar-refractivity contribution in [1.82, 2.24) is 4.98 Å². The van der Waals surface area contributed by atoms with E-state index < -0.39 is 0 Å². The van der Waals surface area contributed by atoms with Crippen molar-refractivity contribution in [2.24, 2.45) is 0 Å². The molecule has 5 heteroatoms. The summed E-state index contributed by atoms with van der Waals surface area (Å²) in [6, 6.07) is 0. The van der Waals surface area contributed by atoms with Crippen LogP contribution in [0.2, 0.25) is 0 Å². The molecule has 0 aromatic carbocycles. The fraction of sp³-hybridized carbons (Fsp3) is 0.600. The number of rotatable bonds is 5. The molecule has 0 aliphatic heterocycles. The first-order valence-corrected chi connectivity index (χ1v) is 5.81. The van der Waals surface area contributed by atoms with Gasteiger partial charge in [0.1, 0.15) is 11.1 Å². The molecule has 1 heterocycles. The van der Waals surface area contributed by atoms with Gasteiger partial charge in [0.2, 0.25) is 0 Å². The second kappa shape index (κ2) is 5.82. The fourth-order valence-corrected chi connectivity index (χ4v) is 1.89. The summed E-state index contributed by atoms with van der Waals surface area (Å²) < 4.78 is 10.2. The van der Waals surface area contributed by atoms with E-state index in [4.69, 9.17) is 9.47 Å². The van der Waals surface area contributed by atoms with Crippen LogP contribution in [0.25, 0.3) is 0 Å². The normalized spacial score (nSPS) is 12.5. The number of carbonyl (C=O) groups is 1. The maximum absolute atomic E-state index is 11.3. The Balaban J connectivity index is 2.67. The smallest absolute Gasteiger partial charge is 0.357 e. The largest absolute Gasteiger partial charge is 0.461 e. The van der Waals surface area contributed by atoms with E-state index in [1.807, 2.05) is 13.8 Å². The van der Waals surface area contributed by atoms with Crippen LogP contribution in [0, 0.1) is 0 Å². The lowest BCUT2D eigenvalue weighted by Gasteiger charge is -2.06. The number of esters is 1. The third-order valence-electron chi connectivity index (χ3n) is 1.77. The van der Waals surface area contributed by atoms with Gasteiger partial charge in [-0.05, 0) is 20.8 Å². The molecule has 0 saturated heterocycles. The standard InChI is InChI=1S/C10H15NO3S/c1-4-13-7(3)9-11-8(6-15-9)10(12)14-5-2/h6-7H,4-5H2,1-3H3. The molecule has 0 saturated carbocycles. The number of thiazole rings is 1. The van der Waals surface area contributed by atoms with E-state index in [1.54, 1.807) is 12.3 Å². The number of hydrogen-bond acceptors (Lipinski definition) is 5. The topological polar surface area (TPSA) is 48.4 Å². The van der Waals surface area contributed by atoms with Crippen LogP contribution in [0.5, 0.6) is 0 Å². The van der Waals surface area contributed by atoms with Crippen molar-refractivity contribution in [1.29, 1.82) is 0 Å². The summed E-state index contributed by atoms with van der Waals surface area (Å²) in [4.78, 5) is 15.5. The molecule has 0 radical (unpaired) electrons. The summed E-state index contributed by atoms with van der Waals surface area (Å²) in [5, 5.41) is 2.50. The van der Waals surface area contributed by atoms with E-state index in [-0.39, 0.29) is 12.1 Å². The Kier molecular flexibility index (Phi) is 4.71. The van der Waals surface area contributed by atoms with Crippen molar-refractivity contribution in [2.75, 3.05) is 13.2 Å². The van der Waals surface area contributed by atoms with E-state index in [9.17, 15) is 4.79 Å². The molecule has 0 N–H and O–H groups in total. The molecule has 0 bridgehead atoms. The van der Waals surface area contributed by atoms with Gasteiger partial charge in [-0.3, -0.25) is 0 Å². The Hall–Kier alpha value is -0.940. The highest BCUT2D eigenvalue weighted by molar-refractivity contribution is 7.09. The first kappa shape index (κ1) is 12.1. The summed E-state index contributed by atoms with van der Waals surface area (Å²) in [7, 11) is 0. The minimum Gasteiger partial charge on any atom is -0.461 e. The second-order valence-corrected chi connectivity index (χ2v) is 3.78. The first-order valence-electron chi connectivity index (χ1n) is 4.93. The molecule has 0 aliphatic carbocycles. The van der Waals surface area contributed by atoms with Gasteiger partial charge in [0, 0.05) is 12.0 Å². The van der Waals surface area contributed by atoms with Crippen LogP contribution in [0.1, 0.15) is 42.4 Å². The Bertz CT molecular complexity index is 324. The van der Waals surface area contributed by atoms with Crippen molar-refractivity contribution in [3.05, 3.63) is 16.1 Å². The van der Waals surface area contributed by atoms with Crippen molar-refractivity contribution >= 4 is 17.3 Å². The Morgan fingerprint density at radius 2 is 2.27 bits per heavy atom. The summed E-state index contributed by atoms with van der Waals surface area (Å²) in [5.41, 5.74) is 0.364.